The van der Waals surface area contributed by atoms with Gasteiger partial charge in [0.25, 0.3) is 5.91 Å². The average Bonchev–Trinajstić information content (AvgIpc) is 3.30. The number of benzene rings is 1. The minimum absolute atomic E-state index is 0.0654. The highest BCUT2D eigenvalue weighted by molar-refractivity contribution is 5.96. The van der Waals surface area contributed by atoms with E-state index in [2.05, 4.69) is 29.1 Å². The van der Waals surface area contributed by atoms with Crippen LogP contribution in [0.15, 0.2) is 18.2 Å². The van der Waals surface area contributed by atoms with Crippen molar-refractivity contribution >= 4 is 5.91 Å². The smallest absolute Gasteiger partial charge is 0.251 e. The zero-order valence-corrected chi connectivity index (χ0v) is 12.6. The van der Waals surface area contributed by atoms with Crippen LogP contribution in [0.2, 0.25) is 0 Å². The van der Waals surface area contributed by atoms with E-state index in [1.165, 1.54) is 12.8 Å². The van der Waals surface area contributed by atoms with E-state index in [4.69, 9.17) is 5.11 Å². The Morgan fingerprint density at radius 1 is 1.48 bits per heavy atom. The molecule has 1 aliphatic rings. The molecule has 0 atom stereocenters. The fourth-order valence-electron chi connectivity index (χ4n) is 2.29. The molecule has 0 heterocycles. The van der Waals surface area contributed by atoms with Crippen molar-refractivity contribution in [2.24, 2.45) is 0 Å². The number of hydrogen-bond acceptors (Lipinski definition) is 3. The molecule has 2 N–H and O–H groups in total. The molecule has 1 saturated carbocycles. The van der Waals surface area contributed by atoms with Gasteiger partial charge in [-0.3, -0.25) is 4.79 Å². The largest absolute Gasteiger partial charge is 0.384 e. The number of nitrogens with one attached hydrogen (secondary N) is 1. The van der Waals surface area contributed by atoms with Gasteiger partial charge in [-0.05, 0) is 44.5 Å². The molecule has 0 aromatic heterocycles. The van der Waals surface area contributed by atoms with Gasteiger partial charge in [-0.25, -0.2) is 0 Å². The SMILES string of the molecule is Cc1c(C#CCO)cccc1C(=O)NCCN(C)C1CC1. The molecule has 1 fully saturated rings. The lowest BCUT2D eigenvalue weighted by Gasteiger charge is -2.16. The summed E-state index contributed by atoms with van der Waals surface area (Å²) in [6.45, 7) is 3.23. The molecular weight excluding hydrogens is 264 g/mol. The summed E-state index contributed by atoms with van der Waals surface area (Å²) in [6, 6.07) is 6.19. The van der Waals surface area contributed by atoms with E-state index in [1.54, 1.807) is 6.07 Å². The van der Waals surface area contributed by atoms with E-state index >= 15 is 0 Å². The van der Waals surface area contributed by atoms with Crippen LogP contribution in [0.5, 0.6) is 0 Å². The van der Waals surface area contributed by atoms with Crippen LogP contribution < -0.4 is 5.32 Å². The summed E-state index contributed by atoms with van der Waals surface area (Å²) < 4.78 is 0. The van der Waals surface area contributed by atoms with Crippen molar-refractivity contribution in [1.82, 2.24) is 10.2 Å². The van der Waals surface area contributed by atoms with Gasteiger partial charge in [0.05, 0.1) is 0 Å². The fourth-order valence-corrected chi connectivity index (χ4v) is 2.29. The van der Waals surface area contributed by atoms with Crippen molar-refractivity contribution in [2.75, 3.05) is 26.7 Å². The summed E-state index contributed by atoms with van der Waals surface area (Å²) in [5.41, 5.74) is 2.28. The van der Waals surface area contributed by atoms with Crippen LogP contribution >= 0.6 is 0 Å². The maximum absolute atomic E-state index is 12.2. The van der Waals surface area contributed by atoms with E-state index in [0.717, 1.165) is 17.7 Å². The molecule has 1 aliphatic carbocycles. The van der Waals surface area contributed by atoms with Crippen molar-refractivity contribution in [1.29, 1.82) is 0 Å². The number of aliphatic hydroxyl groups excluding tert-OH is 1. The second-order valence-corrected chi connectivity index (χ2v) is 5.41. The average molecular weight is 286 g/mol. The number of likely N-dealkylation sites (N-methyl/N-ethyl adjacent to an activating group) is 1. The van der Waals surface area contributed by atoms with Gasteiger partial charge in [0.15, 0.2) is 0 Å². The van der Waals surface area contributed by atoms with Crippen molar-refractivity contribution < 1.29 is 9.90 Å². The molecular formula is C17H22N2O2. The molecule has 0 aliphatic heterocycles. The van der Waals surface area contributed by atoms with Gasteiger partial charge in [0.1, 0.15) is 6.61 Å². The first-order valence-corrected chi connectivity index (χ1v) is 7.31. The van der Waals surface area contributed by atoms with Crippen LogP contribution in [0.3, 0.4) is 0 Å². The van der Waals surface area contributed by atoms with Gasteiger partial charge in [-0.1, -0.05) is 17.9 Å². The second kappa shape index (κ2) is 7.26. The van der Waals surface area contributed by atoms with Gasteiger partial charge in [0.2, 0.25) is 0 Å². The Bertz CT molecular complexity index is 568. The van der Waals surface area contributed by atoms with Crippen LogP contribution in [0.1, 0.15) is 34.3 Å². The molecule has 4 heteroatoms. The standard InChI is InChI=1S/C17H22N2O2/c1-13-14(6-4-12-20)5-3-7-16(13)17(21)18-10-11-19(2)15-8-9-15/h3,5,7,15,20H,8-12H2,1-2H3,(H,18,21). The molecule has 2 rings (SSSR count). The van der Waals surface area contributed by atoms with Crippen molar-refractivity contribution in [3.05, 3.63) is 34.9 Å². The van der Waals surface area contributed by atoms with E-state index in [-0.39, 0.29) is 12.5 Å². The van der Waals surface area contributed by atoms with E-state index in [1.807, 2.05) is 19.1 Å². The minimum Gasteiger partial charge on any atom is -0.384 e. The lowest BCUT2D eigenvalue weighted by atomic mass is 10.0. The first-order valence-electron chi connectivity index (χ1n) is 7.31. The molecule has 0 unspecified atom stereocenters. The number of aliphatic hydroxyl groups is 1. The minimum atomic E-state index is -0.177. The lowest BCUT2D eigenvalue weighted by molar-refractivity contribution is 0.0949. The van der Waals surface area contributed by atoms with Gasteiger partial charge in [-0.15, -0.1) is 0 Å². The first kappa shape index (κ1) is 15.6. The van der Waals surface area contributed by atoms with E-state index in [0.29, 0.717) is 18.2 Å². The number of amides is 1. The Morgan fingerprint density at radius 3 is 2.90 bits per heavy atom. The Balaban J connectivity index is 1.95. The Hall–Kier alpha value is -1.83. The first-order chi connectivity index (χ1) is 10.1. The van der Waals surface area contributed by atoms with Gasteiger partial charge >= 0.3 is 0 Å². The third-order valence-electron chi connectivity index (χ3n) is 3.80. The summed E-state index contributed by atoms with van der Waals surface area (Å²) in [5.74, 6) is 5.42. The highest BCUT2D eigenvalue weighted by Crippen LogP contribution is 2.24. The maximum atomic E-state index is 12.2. The van der Waals surface area contributed by atoms with Crippen molar-refractivity contribution in [3.8, 4) is 11.8 Å². The molecule has 0 radical (unpaired) electrons. The number of rotatable bonds is 5. The van der Waals surface area contributed by atoms with Crippen LogP contribution in [0, 0.1) is 18.8 Å². The van der Waals surface area contributed by atoms with Crippen LogP contribution in [-0.4, -0.2) is 48.7 Å². The zero-order valence-electron chi connectivity index (χ0n) is 12.6. The summed E-state index contributed by atoms with van der Waals surface area (Å²) in [5, 5.41) is 11.7. The number of hydrogen-bond donors (Lipinski definition) is 2. The summed E-state index contributed by atoms with van der Waals surface area (Å²) in [4.78, 5) is 14.5. The van der Waals surface area contributed by atoms with Gasteiger partial charge < -0.3 is 15.3 Å². The van der Waals surface area contributed by atoms with Gasteiger partial charge in [-0.2, -0.15) is 0 Å². The molecule has 1 aromatic rings. The van der Waals surface area contributed by atoms with Crippen molar-refractivity contribution in [2.45, 2.75) is 25.8 Å². The third-order valence-corrected chi connectivity index (χ3v) is 3.80. The number of carbonyl (C=O) groups is 1. The summed E-state index contributed by atoms with van der Waals surface area (Å²) >= 11 is 0. The highest BCUT2D eigenvalue weighted by atomic mass is 16.2. The molecule has 0 saturated heterocycles. The Kier molecular flexibility index (Phi) is 5.38. The lowest BCUT2D eigenvalue weighted by Crippen LogP contribution is -2.34. The van der Waals surface area contributed by atoms with Crippen LogP contribution in [0.4, 0.5) is 0 Å². The summed E-state index contributed by atoms with van der Waals surface area (Å²) in [7, 11) is 2.10. The zero-order chi connectivity index (χ0) is 15.2. The predicted molar refractivity (Wildman–Crippen MR) is 83.1 cm³/mol. The molecule has 0 spiro atoms. The topological polar surface area (TPSA) is 52.6 Å². The maximum Gasteiger partial charge on any atom is 0.251 e. The quantitative estimate of drug-likeness (QED) is 0.799. The van der Waals surface area contributed by atoms with E-state index in [9.17, 15) is 4.79 Å². The Morgan fingerprint density at radius 2 is 2.24 bits per heavy atom. The Labute approximate surface area is 126 Å². The summed E-state index contributed by atoms with van der Waals surface area (Å²) in [6.07, 6.45) is 2.55. The monoisotopic (exact) mass is 286 g/mol. The molecule has 1 amide bonds. The third kappa shape index (κ3) is 4.32. The van der Waals surface area contributed by atoms with E-state index < -0.39 is 0 Å². The van der Waals surface area contributed by atoms with Crippen LogP contribution in [0.25, 0.3) is 0 Å². The molecule has 1 aromatic carbocycles. The van der Waals surface area contributed by atoms with Crippen LogP contribution in [-0.2, 0) is 0 Å². The van der Waals surface area contributed by atoms with Gasteiger partial charge in [0, 0.05) is 30.3 Å². The normalized spacial score (nSPS) is 13.7. The number of carbonyl (C=O) groups excluding carboxylic acids is 1. The second-order valence-electron chi connectivity index (χ2n) is 5.41. The van der Waals surface area contributed by atoms with Crippen molar-refractivity contribution in [3.63, 3.8) is 0 Å². The molecule has 112 valence electrons. The highest BCUT2D eigenvalue weighted by Gasteiger charge is 2.25. The number of nitrogens with zero attached hydrogens (tertiary/aromatic N) is 1. The molecule has 21 heavy (non-hydrogen) atoms. The fraction of sp³-hybridized carbons (Fsp3) is 0.471. The predicted octanol–water partition coefficient (Wildman–Crippen LogP) is 1.16. The molecule has 0 bridgehead atoms. The molecule has 4 nitrogen and oxygen atoms in total.